The molecular weight excluding hydrogens is 177 g/mol. The molecule has 2 heteroatoms. The van der Waals surface area contributed by atoms with Crippen LogP contribution in [0.15, 0.2) is 49.6 Å². The maximum Gasteiger partial charge on any atom is 1.00 e. The van der Waals surface area contributed by atoms with Crippen molar-refractivity contribution in [1.82, 2.24) is 4.90 Å². The number of rotatable bonds is 6. The smallest absolute Gasteiger partial charge is 0.489 e. The standard InChI is InChI=1S/C13H16N.Li/c1-3-10-14(11-4-2)12-13-8-6-5-7-9-13;/h3,5-9H,1-2,10-12H2;/q-1;+1. The van der Waals surface area contributed by atoms with Crippen molar-refractivity contribution in [2.24, 2.45) is 0 Å². The van der Waals surface area contributed by atoms with Gasteiger partial charge in [0.25, 0.3) is 0 Å². The monoisotopic (exact) mass is 193 g/mol. The first-order chi connectivity index (χ1) is 6.86. The van der Waals surface area contributed by atoms with Crippen LogP contribution in [0, 0.1) is 6.08 Å². The Morgan fingerprint density at radius 1 is 1.27 bits per heavy atom. The van der Waals surface area contributed by atoms with E-state index in [1.807, 2.05) is 12.1 Å². The van der Waals surface area contributed by atoms with E-state index in [9.17, 15) is 0 Å². The summed E-state index contributed by atoms with van der Waals surface area (Å²) in [5.41, 5.74) is 1.31. The van der Waals surface area contributed by atoms with Crippen molar-refractivity contribution >= 4 is 0 Å². The molecule has 15 heavy (non-hydrogen) atoms. The van der Waals surface area contributed by atoms with Crippen molar-refractivity contribution in [3.63, 3.8) is 0 Å². The van der Waals surface area contributed by atoms with Crippen LogP contribution in [0.5, 0.6) is 0 Å². The van der Waals surface area contributed by atoms with Crippen LogP contribution < -0.4 is 18.9 Å². The van der Waals surface area contributed by atoms with Gasteiger partial charge in [0.2, 0.25) is 0 Å². The Labute approximate surface area is 105 Å². The van der Waals surface area contributed by atoms with E-state index < -0.39 is 0 Å². The molecule has 0 atom stereocenters. The summed E-state index contributed by atoms with van der Waals surface area (Å²) in [7, 11) is 0. The molecule has 0 saturated heterocycles. The minimum absolute atomic E-state index is 0. The van der Waals surface area contributed by atoms with Crippen LogP contribution in [-0.2, 0) is 6.54 Å². The zero-order chi connectivity index (χ0) is 10.2. The quantitative estimate of drug-likeness (QED) is 0.340. The Morgan fingerprint density at radius 3 is 2.47 bits per heavy atom. The molecule has 0 fully saturated rings. The van der Waals surface area contributed by atoms with Gasteiger partial charge in [-0.1, -0.05) is 36.4 Å². The average Bonchev–Trinajstić information content (AvgIpc) is 2.20. The second-order valence-electron chi connectivity index (χ2n) is 3.19. The van der Waals surface area contributed by atoms with Crippen LogP contribution in [0.4, 0.5) is 0 Å². The molecule has 0 aliphatic carbocycles. The second kappa shape index (κ2) is 8.56. The number of benzene rings is 1. The van der Waals surface area contributed by atoms with Crippen LogP contribution in [-0.4, -0.2) is 18.0 Å². The zero-order valence-corrected chi connectivity index (χ0v) is 9.45. The summed E-state index contributed by atoms with van der Waals surface area (Å²) in [5, 5.41) is 0. The SMILES string of the molecule is C=[C-]CN(CC=C)Cc1ccccc1.[Li+]. The molecule has 0 aliphatic heterocycles. The largest absolute Gasteiger partial charge is 1.00 e. The topological polar surface area (TPSA) is 3.24 Å². The molecule has 1 aromatic rings. The summed E-state index contributed by atoms with van der Waals surface area (Å²) in [6.45, 7) is 9.93. The molecule has 0 saturated carbocycles. The summed E-state index contributed by atoms with van der Waals surface area (Å²) >= 11 is 0. The van der Waals surface area contributed by atoms with Crippen molar-refractivity contribution < 1.29 is 18.9 Å². The van der Waals surface area contributed by atoms with Crippen LogP contribution in [0.3, 0.4) is 0 Å². The van der Waals surface area contributed by atoms with Gasteiger partial charge in [-0.25, -0.2) is 0 Å². The Morgan fingerprint density at radius 2 is 1.93 bits per heavy atom. The molecular formula is C13H16LiN. The molecule has 0 spiro atoms. The summed E-state index contributed by atoms with van der Waals surface area (Å²) in [5.74, 6) is 0. The molecule has 74 valence electrons. The summed E-state index contributed by atoms with van der Waals surface area (Å²) in [6, 6.07) is 10.4. The van der Waals surface area contributed by atoms with E-state index >= 15 is 0 Å². The molecule has 0 bridgehead atoms. The maximum atomic E-state index is 3.73. The Balaban J connectivity index is 0.00000196. The molecule has 0 heterocycles. The molecule has 0 amide bonds. The van der Waals surface area contributed by atoms with Gasteiger partial charge in [-0.05, 0) is 5.56 Å². The van der Waals surface area contributed by atoms with Gasteiger partial charge >= 0.3 is 18.9 Å². The molecule has 1 rings (SSSR count). The van der Waals surface area contributed by atoms with Crippen LogP contribution in [0.25, 0.3) is 0 Å². The van der Waals surface area contributed by atoms with Crippen LogP contribution in [0.2, 0.25) is 0 Å². The van der Waals surface area contributed by atoms with Gasteiger partial charge in [0.05, 0.1) is 0 Å². The van der Waals surface area contributed by atoms with Gasteiger partial charge in [-0.3, -0.25) is 6.58 Å². The predicted molar refractivity (Wildman–Crippen MR) is 60.8 cm³/mol. The van der Waals surface area contributed by atoms with E-state index in [0.29, 0.717) is 0 Å². The summed E-state index contributed by atoms with van der Waals surface area (Å²) in [6.07, 6.45) is 4.80. The van der Waals surface area contributed by atoms with E-state index in [1.165, 1.54) is 5.56 Å². The van der Waals surface area contributed by atoms with Gasteiger partial charge in [-0.15, -0.1) is 13.1 Å². The van der Waals surface area contributed by atoms with E-state index in [-0.39, 0.29) is 18.9 Å². The first-order valence-electron chi connectivity index (χ1n) is 4.74. The third-order valence-electron chi connectivity index (χ3n) is 1.97. The van der Waals surface area contributed by atoms with Crippen molar-refractivity contribution in [2.75, 3.05) is 13.1 Å². The first-order valence-corrected chi connectivity index (χ1v) is 4.74. The third-order valence-corrected chi connectivity index (χ3v) is 1.97. The Hall–Kier alpha value is -0.743. The van der Waals surface area contributed by atoms with Crippen LogP contribution in [0.1, 0.15) is 5.56 Å². The molecule has 1 aromatic carbocycles. The number of nitrogens with zero attached hydrogens (tertiary/aromatic N) is 1. The summed E-state index contributed by atoms with van der Waals surface area (Å²) < 4.78 is 0. The Kier molecular flexibility index (Phi) is 8.13. The maximum absolute atomic E-state index is 3.73. The average molecular weight is 193 g/mol. The normalized spacial score (nSPS) is 9.40. The number of hydrogen-bond acceptors (Lipinski definition) is 1. The van der Waals surface area contributed by atoms with Gasteiger partial charge < -0.3 is 11.0 Å². The fourth-order valence-electron chi connectivity index (χ4n) is 1.37. The van der Waals surface area contributed by atoms with E-state index in [1.54, 1.807) is 0 Å². The van der Waals surface area contributed by atoms with E-state index in [0.717, 1.165) is 19.6 Å². The fourth-order valence-corrected chi connectivity index (χ4v) is 1.37. The minimum atomic E-state index is 0. The van der Waals surface area contributed by atoms with Gasteiger partial charge in [0, 0.05) is 13.1 Å². The van der Waals surface area contributed by atoms with Crippen LogP contribution >= 0.6 is 0 Å². The molecule has 1 nitrogen and oxygen atoms in total. The fraction of sp³-hybridized carbons (Fsp3) is 0.231. The zero-order valence-electron chi connectivity index (χ0n) is 9.45. The van der Waals surface area contributed by atoms with Crippen molar-refractivity contribution in [2.45, 2.75) is 6.54 Å². The number of hydrogen-bond donors (Lipinski definition) is 0. The van der Waals surface area contributed by atoms with Crippen molar-refractivity contribution in [3.8, 4) is 0 Å². The Bertz CT molecular complexity index is 272. The minimum Gasteiger partial charge on any atom is -0.489 e. The second-order valence-corrected chi connectivity index (χ2v) is 3.19. The molecule has 0 aromatic heterocycles. The molecule has 0 aliphatic rings. The molecule has 0 unspecified atom stereocenters. The molecule has 0 radical (unpaired) electrons. The van der Waals surface area contributed by atoms with Gasteiger partial charge in [0.15, 0.2) is 0 Å². The molecule has 0 N–H and O–H groups in total. The van der Waals surface area contributed by atoms with Crippen molar-refractivity contribution in [3.05, 3.63) is 61.2 Å². The third kappa shape index (κ3) is 5.64. The summed E-state index contributed by atoms with van der Waals surface area (Å²) in [4.78, 5) is 2.23. The van der Waals surface area contributed by atoms with E-state index in [2.05, 4.69) is 48.4 Å². The van der Waals surface area contributed by atoms with Gasteiger partial charge in [0.1, 0.15) is 0 Å². The van der Waals surface area contributed by atoms with Crippen molar-refractivity contribution in [1.29, 1.82) is 0 Å². The van der Waals surface area contributed by atoms with E-state index in [4.69, 9.17) is 0 Å². The van der Waals surface area contributed by atoms with Gasteiger partial charge in [-0.2, -0.15) is 0 Å². The predicted octanol–water partition coefficient (Wildman–Crippen LogP) is -0.332. The first kappa shape index (κ1) is 14.3.